The van der Waals surface area contributed by atoms with Crippen molar-refractivity contribution in [2.24, 2.45) is 0 Å². The van der Waals surface area contributed by atoms with Gasteiger partial charge in [-0.2, -0.15) is 0 Å². The van der Waals surface area contributed by atoms with Crippen LogP contribution in [0.4, 0.5) is 17.1 Å². The number of furan rings is 1. The van der Waals surface area contributed by atoms with Gasteiger partial charge >= 0.3 is 0 Å². The van der Waals surface area contributed by atoms with Gasteiger partial charge in [-0.05, 0) is 97.2 Å². The summed E-state index contributed by atoms with van der Waals surface area (Å²) in [7, 11) is 0. The molecule has 1 heterocycles. The highest BCUT2D eigenvalue weighted by atomic mass is 16.3. The average Bonchev–Trinajstić information content (AvgIpc) is 3.96. The maximum Gasteiger partial charge on any atom is 0.143 e. The first-order valence-corrected chi connectivity index (χ1v) is 21.1. The zero-order valence-electron chi connectivity index (χ0n) is 33.2. The van der Waals surface area contributed by atoms with E-state index in [-0.39, 0.29) is 0 Å². The highest BCUT2D eigenvalue weighted by Gasteiger charge is 2.52. The lowest BCUT2D eigenvalue weighted by atomic mass is 9.70. The Balaban J connectivity index is 1.09. The zero-order valence-corrected chi connectivity index (χ0v) is 33.2. The van der Waals surface area contributed by atoms with Crippen molar-refractivity contribution >= 4 is 49.8 Å². The lowest BCUT2D eigenvalue weighted by molar-refractivity contribution is 0.670. The van der Waals surface area contributed by atoms with Crippen molar-refractivity contribution in [3.8, 4) is 44.5 Å². The van der Waals surface area contributed by atoms with Crippen molar-refractivity contribution in [2.75, 3.05) is 4.90 Å². The van der Waals surface area contributed by atoms with E-state index in [1.165, 1.54) is 66.4 Å². The maximum absolute atomic E-state index is 6.89. The summed E-state index contributed by atoms with van der Waals surface area (Å²) in [6.45, 7) is 0. The van der Waals surface area contributed by atoms with Crippen LogP contribution in [0, 0.1) is 0 Å². The molecule has 0 radical (unpaired) electrons. The zero-order chi connectivity index (χ0) is 40.1. The molecular formula is C59H37NO. The van der Waals surface area contributed by atoms with Gasteiger partial charge in [0.15, 0.2) is 0 Å². The Morgan fingerprint density at radius 1 is 0.344 bits per heavy atom. The molecular weight excluding hydrogens is 739 g/mol. The summed E-state index contributed by atoms with van der Waals surface area (Å²) in [6, 6.07) is 82.2. The van der Waals surface area contributed by atoms with Crippen LogP contribution in [0.2, 0.25) is 0 Å². The normalized spacial score (nSPS) is 13.0. The third-order valence-corrected chi connectivity index (χ3v) is 13.3. The van der Waals surface area contributed by atoms with Crippen LogP contribution in [0.15, 0.2) is 229 Å². The van der Waals surface area contributed by atoms with Gasteiger partial charge in [0.25, 0.3) is 0 Å². The van der Waals surface area contributed by atoms with E-state index in [2.05, 4.69) is 229 Å². The largest absolute Gasteiger partial charge is 0.455 e. The summed E-state index contributed by atoms with van der Waals surface area (Å²) >= 11 is 0. The van der Waals surface area contributed by atoms with Crippen LogP contribution in [0.3, 0.4) is 0 Å². The quantitative estimate of drug-likeness (QED) is 0.173. The van der Waals surface area contributed by atoms with Gasteiger partial charge in [-0.25, -0.2) is 0 Å². The number of benzene rings is 10. The lowest BCUT2D eigenvalue weighted by Crippen LogP contribution is -2.26. The van der Waals surface area contributed by atoms with E-state index in [0.29, 0.717) is 0 Å². The smallest absolute Gasteiger partial charge is 0.143 e. The van der Waals surface area contributed by atoms with Crippen LogP contribution in [0.25, 0.3) is 77.2 Å². The second-order valence-corrected chi connectivity index (χ2v) is 16.3. The molecule has 13 rings (SSSR count). The van der Waals surface area contributed by atoms with Gasteiger partial charge in [-0.3, -0.25) is 0 Å². The van der Waals surface area contributed by atoms with Gasteiger partial charge in [0, 0.05) is 33.2 Å². The lowest BCUT2D eigenvalue weighted by Gasteiger charge is -2.32. The van der Waals surface area contributed by atoms with Crippen LogP contribution < -0.4 is 4.90 Å². The molecule has 1 spiro atoms. The summed E-state index contributed by atoms with van der Waals surface area (Å²) in [5.74, 6) is 0. The molecule has 61 heavy (non-hydrogen) atoms. The Kier molecular flexibility index (Phi) is 7.26. The van der Waals surface area contributed by atoms with Crippen molar-refractivity contribution < 1.29 is 4.42 Å². The van der Waals surface area contributed by atoms with Crippen molar-refractivity contribution in [3.63, 3.8) is 0 Å². The third-order valence-electron chi connectivity index (χ3n) is 13.3. The van der Waals surface area contributed by atoms with Crippen LogP contribution in [-0.4, -0.2) is 0 Å². The molecule has 0 fully saturated rings. The van der Waals surface area contributed by atoms with Gasteiger partial charge in [0.2, 0.25) is 0 Å². The number of hydrogen-bond donors (Lipinski definition) is 0. The predicted molar refractivity (Wildman–Crippen MR) is 253 cm³/mol. The molecule has 1 aromatic heterocycles. The van der Waals surface area contributed by atoms with Gasteiger partial charge < -0.3 is 9.32 Å². The number of anilines is 3. The average molecular weight is 776 g/mol. The minimum atomic E-state index is -0.457. The van der Waals surface area contributed by atoms with Crippen molar-refractivity contribution in [2.45, 2.75) is 5.41 Å². The van der Waals surface area contributed by atoms with Crippen molar-refractivity contribution in [3.05, 3.63) is 247 Å². The SMILES string of the molecule is c1ccc(-c2ccc(N(c3ccccc3-c3cccc4c3oc3cc5ccccc5cc34)c3cccc4c3-c3ccccc3C43c4ccccc4-c4ccccc43)cc2)cc1. The predicted octanol–water partition coefficient (Wildman–Crippen LogP) is 15.9. The van der Waals surface area contributed by atoms with Crippen LogP contribution in [-0.2, 0) is 5.41 Å². The second-order valence-electron chi connectivity index (χ2n) is 16.3. The molecule has 0 aliphatic heterocycles. The first kappa shape index (κ1) is 34.0. The summed E-state index contributed by atoms with van der Waals surface area (Å²) in [4.78, 5) is 2.49. The Hall–Kier alpha value is -7.94. The first-order chi connectivity index (χ1) is 30.3. The topological polar surface area (TPSA) is 16.4 Å². The molecule has 2 nitrogen and oxygen atoms in total. The fourth-order valence-electron chi connectivity index (χ4n) is 10.7. The van der Waals surface area contributed by atoms with Gasteiger partial charge in [0.1, 0.15) is 11.2 Å². The van der Waals surface area contributed by atoms with Crippen molar-refractivity contribution in [1.82, 2.24) is 0 Å². The molecule has 2 heteroatoms. The number of rotatable bonds is 5. The summed E-state index contributed by atoms with van der Waals surface area (Å²) < 4.78 is 6.89. The fraction of sp³-hybridized carbons (Fsp3) is 0.0169. The summed E-state index contributed by atoms with van der Waals surface area (Å²) in [6.07, 6.45) is 0. The Morgan fingerprint density at radius 3 is 1.61 bits per heavy atom. The van der Waals surface area contributed by atoms with Crippen molar-refractivity contribution in [1.29, 1.82) is 0 Å². The number of fused-ring (bicyclic) bond motifs is 14. The number of para-hydroxylation sites is 2. The molecule has 284 valence electrons. The third kappa shape index (κ3) is 4.79. The van der Waals surface area contributed by atoms with Gasteiger partial charge in [0.05, 0.1) is 16.8 Å². The summed E-state index contributed by atoms with van der Waals surface area (Å²) in [5.41, 5.74) is 19.6. The van der Waals surface area contributed by atoms with E-state index >= 15 is 0 Å². The summed E-state index contributed by atoms with van der Waals surface area (Å²) in [5, 5.41) is 4.62. The monoisotopic (exact) mass is 775 g/mol. The van der Waals surface area contributed by atoms with E-state index in [0.717, 1.165) is 50.1 Å². The van der Waals surface area contributed by atoms with E-state index in [4.69, 9.17) is 4.42 Å². The molecule has 11 aromatic rings. The van der Waals surface area contributed by atoms with Gasteiger partial charge in [-0.15, -0.1) is 0 Å². The number of nitrogens with zero attached hydrogens (tertiary/aromatic N) is 1. The molecule has 0 saturated carbocycles. The van der Waals surface area contributed by atoms with E-state index in [1.54, 1.807) is 0 Å². The van der Waals surface area contributed by atoms with E-state index < -0.39 is 5.41 Å². The van der Waals surface area contributed by atoms with E-state index in [1.807, 2.05) is 0 Å². The standard InChI is InChI=1S/C59H37NO/c1-2-16-38(17-3-1)39-32-34-42(35-33-39)60(54-30-13-9-22-45(54)46-24-14-25-47-49-36-40-18-4-5-19-41(40)37-56(49)61-58(46)47)55-31-15-29-53-57(55)48-23-8-12-28-52(48)59(53)50-26-10-6-20-43(50)44-21-7-11-27-51(44)59/h1-37H. The Labute approximate surface area is 354 Å². The maximum atomic E-state index is 6.89. The van der Waals surface area contributed by atoms with E-state index in [9.17, 15) is 0 Å². The minimum absolute atomic E-state index is 0.457. The molecule has 2 aliphatic carbocycles. The minimum Gasteiger partial charge on any atom is -0.455 e. The molecule has 0 bridgehead atoms. The molecule has 2 aliphatic rings. The molecule has 0 N–H and O–H groups in total. The van der Waals surface area contributed by atoms with Gasteiger partial charge in [-0.1, -0.05) is 188 Å². The highest BCUT2D eigenvalue weighted by Crippen LogP contribution is 2.65. The molecule has 10 aromatic carbocycles. The first-order valence-electron chi connectivity index (χ1n) is 21.1. The highest BCUT2D eigenvalue weighted by molar-refractivity contribution is 6.14. The molecule has 0 unspecified atom stereocenters. The molecule has 0 amide bonds. The fourth-order valence-corrected chi connectivity index (χ4v) is 10.7. The molecule has 0 saturated heterocycles. The van der Waals surface area contributed by atoms with Crippen LogP contribution >= 0.6 is 0 Å². The Bertz CT molecular complexity index is 3490. The Morgan fingerprint density at radius 2 is 0.869 bits per heavy atom. The number of hydrogen-bond acceptors (Lipinski definition) is 2. The second kappa shape index (κ2) is 13.0. The van der Waals surface area contributed by atoms with Crippen LogP contribution in [0.5, 0.6) is 0 Å². The molecule has 0 atom stereocenters. The van der Waals surface area contributed by atoms with Crippen LogP contribution in [0.1, 0.15) is 22.3 Å².